The molecule has 148 valence electrons. The van der Waals surface area contributed by atoms with Crippen LogP contribution in [-0.2, 0) is 21.7 Å². The van der Waals surface area contributed by atoms with Crippen LogP contribution in [0, 0.1) is 0 Å². The average Bonchev–Trinajstić information content (AvgIpc) is 3.21. The molecule has 4 nitrogen and oxygen atoms in total. The van der Waals surface area contributed by atoms with Gasteiger partial charge < -0.3 is 9.84 Å². The summed E-state index contributed by atoms with van der Waals surface area (Å²) in [7, 11) is 0. The Balaban J connectivity index is 1.49. The topological polar surface area (TPSA) is 49.8 Å². The lowest BCUT2D eigenvalue weighted by Gasteiger charge is -2.28. The molecule has 1 aliphatic rings. The molecule has 4 rings (SSSR count). The van der Waals surface area contributed by atoms with E-state index in [4.69, 9.17) is 4.74 Å². The molecule has 29 heavy (non-hydrogen) atoms. The Morgan fingerprint density at radius 3 is 1.97 bits per heavy atom. The zero-order valence-electron chi connectivity index (χ0n) is 16.3. The molecule has 3 aromatic rings. The van der Waals surface area contributed by atoms with E-state index in [9.17, 15) is 9.90 Å². The highest BCUT2D eigenvalue weighted by Gasteiger charge is 2.43. The van der Waals surface area contributed by atoms with Gasteiger partial charge in [0, 0.05) is 19.6 Å². The first-order valence-electron chi connectivity index (χ1n) is 9.97. The summed E-state index contributed by atoms with van der Waals surface area (Å²) in [6.45, 7) is 2.36. The Morgan fingerprint density at radius 1 is 0.897 bits per heavy atom. The van der Waals surface area contributed by atoms with Gasteiger partial charge in [-0.15, -0.1) is 0 Å². The fraction of sp³-hybridized carbons (Fsp3) is 0.240. The number of hydrogen-bond acceptors (Lipinski definition) is 4. The van der Waals surface area contributed by atoms with Crippen molar-refractivity contribution in [3.05, 3.63) is 108 Å². The van der Waals surface area contributed by atoms with E-state index in [-0.39, 0.29) is 6.10 Å². The summed E-state index contributed by atoms with van der Waals surface area (Å²) in [6.07, 6.45) is 0.531. The number of aliphatic hydroxyl groups is 1. The SMILES string of the molecule is O=C(O[C@@H]1CCN(Cc2ccccc2)C1)C(O)(c1ccccc1)c1ccccc1. The highest BCUT2D eigenvalue weighted by Crippen LogP contribution is 2.32. The molecule has 1 atom stereocenters. The normalized spacial score (nSPS) is 17.2. The maximum Gasteiger partial charge on any atom is 0.348 e. The van der Waals surface area contributed by atoms with Gasteiger partial charge in [-0.05, 0) is 23.1 Å². The highest BCUT2D eigenvalue weighted by molar-refractivity contribution is 5.85. The second-order valence-electron chi connectivity index (χ2n) is 7.48. The Bertz CT molecular complexity index is 889. The summed E-state index contributed by atoms with van der Waals surface area (Å²) in [4.78, 5) is 15.5. The molecule has 0 radical (unpaired) electrons. The fourth-order valence-electron chi connectivity index (χ4n) is 3.88. The van der Waals surface area contributed by atoms with Crippen LogP contribution in [0.5, 0.6) is 0 Å². The van der Waals surface area contributed by atoms with Crippen molar-refractivity contribution in [2.24, 2.45) is 0 Å². The average molecular weight is 387 g/mol. The van der Waals surface area contributed by atoms with Crippen molar-refractivity contribution in [3.8, 4) is 0 Å². The van der Waals surface area contributed by atoms with Crippen LogP contribution in [0.2, 0.25) is 0 Å². The Labute approximate surface area is 171 Å². The van der Waals surface area contributed by atoms with Crippen LogP contribution in [0.25, 0.3) is 0 Å². The quantitative estimate of drug-likeness (QED) is 0.655. The number of ether oxygens (including phenoxy) is 1. The standard InChI is InChI=1S/C25H25NO3/c27-24(29-23-16-17-26(19-23)18-20-10-4-1-5-11-20)25(28,21-12-6-2-7-13-21)22-14-8-3-9-15-22/h1-15,23,28H,16-19H2/t23-/m1/s1. The molecule has 0 unspecified atom stereocenters. The predicted molar refractivity (Wildman–Crippen MR) is 112 cm³/mol. The first-order valence-corrected chi connectivity index (χ1v) is 9.97. The third-order valence-corrected chi connectivity index (χ3v) is 5.43. The molecule has 4 heteroatoms. The van der Waals surface area contributed by atoms with Crippen molar-refractivity contribution in [3.63, 3.8) is 0 Å². The van der Waals surface area contributed by atoms with Crippen molar-refractivity contribution in [2.75, 3.05) is 13.1 Å². The van der Waals surface area contributed by atoms with E-state index in [0.29, 0.717) is 17.7 Å². The molecule has 0 aromatic heterocycles. The molecule has 1 fully saturated rings. The minimum absolute atomic E-state index is 0.231. The lowest BCUT2D eigenvalue weighted by Crippen LogP contribution is -2.41. The van der Waals surface area contributed by atoms with E-state index >= 15 is 0 Å². The molecule has 1 heterocycles. The maximum atomic E-state index is 13.2. The van der Waals surface area contributed by atoms with Crippen molar-refractivity contribution in [1.82, 2.24) is 4.90 Å². The van der Waals surface area contributed by atoms with Crippen LogP contribution in [-0.4, -0.2) is 35.2 Å². The van der Waals surface area contributed by atoms with Crippen molar-refractivity contribution in [1.29, 1.82) is 0 Å². The highest BCUT2D eigenvalue weighted by atomic mass is 16.6. The zero-order chi connectivity index (χ0) is 20.1. The molecule has 0 bridgehead atoms. The largest absolute Gasteiger partial charge is 0.458 e. The predicted octanol–water partition coefficient (Wildman–Crippen LogP) is 3.74. The van der Waals surface area contributed by atoms with E-state index in [2.05, 4.69) is 17.0 Å². The van der Waals surface area contributed by atoms with Gasteiger partial charge in [0.2, 0.25) is 5.60 Å². The Kier molecular flexibility index (Phi) is 5.74. The van der Waals surface area contributed by atoms with Crippen molar-refractivity contribution >= 4 is 5.97 Å². The maximum absolute atomic E-state index is 13.2. The minimum Gasteiger partial charge on any atom is -0.458 e. The molecule has 1 saturated heterocycles. The van der Waals surface area contributed by atoms with E-state index < -0.39 is 11.6 Å². The molecule has 0 saturated carbocycles. The van der Waals surface area contributed by atoms with Gasteiger partial charge in [-0.25, -0.2) is 4.79 Å². The molecule has 0 aliphatic carbocycles. The van der Waals surface area contributed by atoms with Crippen LogP contribution in [0.1, 0.15) is 23.1 Å². The Morgan fingerprint density at radius 2 is 1.41 bits per heavy atom. The molecule has 1 N–H and O–H groups in total. The molecule has 0 spiro atoms. The number of likely N-dealkylation sites (tertiary alicyclic amines) is 1. The molecule has 3 aromatic carbocycles. The van der Waals surface area contributed by atoms with Crippen LogP contribution in [0.3, 0.4) is 0 Å². The first-order chi connectivity index (χ1) is 14.2. The van der Waals surface area contributed by atoms with E-state index in [0.717, 1.165) is 19.5 Å². The van der Waals surface area contributed by atoms with E-state index in [1.54, 1.807) is 24.3 Å². The van der Waals surface area contributed by atoms with Gasteiger partial charge in [0.25, 0.3) is 0 Å². The molecular formula is C25H25NO3. The fourth-order valence-corrected chi connectivity index (χ4v) is 3.88. The van der Waals surface area contributed by atoms with Crippen LogP contribution < -0.4 is 0 Å². The van der Waals surface area contributed by atoms with E-state index in [1.165, 1.54) is 5.56 Å². The third-order valence-electron chi connectivity index (χ3n) is 5.43. The summed E-state index contributed by atoms with van der Waals surface area (Å²) in [5.41, 5.74) is 0.435. The van der Waals surface area contributed by atoms with Gasteiger partial charge in [0.05, 0.1) is 0 Å². The minimum atomic E-state index is -1.82. The lowest BCUT2D eigenvalue weighted by atomic mass is 9.86. The number of rotatable bonds is 6. The lowest BCUT2D eigenvalue weighted by molar-refractivity contribution is -0.167. The molecular weight excluding hydrogens is 362 g/mol. The van der Waals surface area contributed by atoms with Crippen LogP contribution >= 0.6 is 0 Å². The number of hydrogen-bond donors (Lipinski definition) is 1. The zero-order valence-corrected chi connectivity index (χ0v) is 16.3. The molecule has 1 aliphatic heterocycles. The second-order valence-corrected chi connectivity index (χ2v) is 7.48. The van der Waals surface area contributed by atoms with Gasteiger partial charge in [-0.3, -0.25) is 4.90 Å². The van der Waals surface area contributed by atoms with Gasteiger partial charge in [-0.1, -0.05) is 91.0 Å². The first kappa shape index (κ1) is 19.4. The van der Waals surface area contributed by atoms with Crippen LogP contribution in [0.15, 0.2) is 91.0 Å². The van der Waals surface area contributed by atoms with Gasteiger partial charge in [0.15, 0.2) is 0 Å². The number of benzene rings is 3. The number of esters is 1. The summed E-state index contributed by atoms with van der Waals surface area (Å²) in [6, 6.07) is 28.3. The summed E-state index contributed by atoms with van der Waals surface area (Å²) in [5, 5.41) is 11.5. The number of carbonyl (C=O) groups is 1. The monoisotopic (exact) mass is 387 g/mol. The number of carbonyl (C=O) groups excluding carboxylic acids is 1. The Hall–Kier alpha value is -2.95. The van der Waals surface area contributed by atoms with Crippen LogP contribution in [0.4, 0.5) is 0 Å². The van der Waals surface area contributed by atoms with Crippen molar-refractivity contribution in [2.45, 2.75) is 24.7 Å². The summed E-state index contributed by atoms with van der Waals surface area (Å²) in [5.74, 6) is -0.624. The van der Waals surface area contributed by atoms with Gasteiger partial charge >= 0.3 is 5.97 Å². The molecule has 0 amide bonds. The van der Waals surface area contributed by atoms with Crippen molar-refractivity contribution < 1.29 is 14.6 Å². The number of nitrogens with zero attached hydrogens (tertiary/aromatic N) is 1. The summed E-state index contributed by atoms with van der Waals surface area (Å²) < 4.78 is 5.82. The van der Waals surface area contributed by atoms with Gasteiger partial charge in [0.1, 0.15) is 6.10 Å². The third kappa shape index (κ3) is 4.24. The smallest absolute Gasteiger partial charge is 0.348 e. The van der Waals surface area contributed by atoms with Gasteiger partial charge in [-0.2, -0.15) is 0 Å². The summed E-state index contributed by atoms with van der Waals surface area (Å²) >= 11 is 0. The van der Waals surface area contributed by atoms with E-state index in [1.807, 2.05) is 54.6 Å². The second kappa shape index (κ2) is 8.60.